The van der Waals surface area contributed by atoms with Crippen molar-refractivity contribution in [2.45, 2.75) is 38.5 Å². The van der Waals surface area contributed by atoms with Gasteiger partial charge in [-0.15, -0.1) is 0 Å². The molecule has 1 fully saturated rings. The van der Waals surface area contributed by atoms with E-state index in [1.807, 2.05) is 0 Å². The van der Waals surface area contributed by atoms with Crippen LogP contribution < -0.4 is 5.73 Å². The summed E-state index contributed by atoms with van der Waals surface area (Å²) in [4.78, 5) is 12.4. The number of hydrogen-bond donors (Lipinski definition) is 1. The minimum Gasteiger partial charge on any atom is -0.461 e. The molecule has 0 aliphatic heterocycles. The third kappa shape index (κ3) is 2.05. The highest BCUT2D eigenvalue weighted by Crippen LogP contribution is 2.37. The number of ketones is 1. The summed E-state index contributed by atoms with van der Waals surface area (Å²) in [6.45, 7) is 0.437. The van der Waals surface area contributed by atoms with E-state index in [1.54, 1.807) is 18.4 Å². The third-order valence-electron chi connectivity index (χ3n) is 3.68. The predicted molar refractivity (Wildman–Crippen MR) is 62.2 cm³/mol. The second kappa shape index (κ2) is 4.83. The van der Waals surface area contributed by atoms with Crippen LogP contribution in [0.5, 0.6) is 0 Å². The molecule has 0 bridgehead atoms. The lowest BCUT2D eigenvalue weighted by atomic mass is 9.76. The van der Waals surface area contributed by atoms with Gasteiger partial charge < -0.3 is 10.2 Å². The van der Waals surface area contributed by atoms with Crippen molar-refractivity contribution in [1.29, 1.82) is 0 Å². The lowest BCUT2D eigenvalue weighted by Gasteiger charge is -2.28. The molecule has 0 aromatic carbocycles. The molecular formula is C13H19NO2. The zero-order chi connectivity index (χ0) is 11.4. The standard InChI is InChI=1S/C13H19NO2/c14-10-13(7-3-1-2-4-8-13)12(15)11-6-5-9-16-11/h5-6,9H,1-4,7-8,10,14H2. The number of carbonyl (C=O) groups excluding carboxylic acids is 1. The molecule has 1 aliphatic carbocycles. The largest absolute Gasteiger partial charge is 0.461 e. The summed E-state index contributed by atoms with van der Waals surface area (Å²) in [7, 11) is 0. The van der Waals surface area contributed by atoms with Gasteiger partial charge >= 0.3 is 0 Å². The Morgan fingerprint density at radius 2 is 2.00 bits per heavy atom. The molecule has 3 heteroatoms. The Kier molecular flexibility index (Phi) is 3.44. The van der Waals surface area contributed by atoms with E-state index in [0.717, 1.165) is 25.7 Å². The maximum absolute atomic E-state index is 12.4. The molecule has 1 heterocycles. The van der Waals surface area contributed by atoms with Crippen LogP contribution in [0.4, 0.5) is 0 Å². The Morgan fingerprint density at radius 1 is 1.31 bits per heavy atom. The van der Waals surface area contributed by atoms with Gasteiger partial charge in [0.05, 0.1) is 6.26 Å². The van der Waals surface area contributed by atoms with E-state index >= 15 is 0 Å². The molecule has 3 nitrogen and oxygen atoms in total. The fraction of sp³-hybridized carbons (Fsp3) is 0.615. The minimum atomic E-state index is -0.367. The number of Topliss-reactive ketones (excluding diaryl/α,β-unsaturated/α-hetero) is 1. The zero-order valence-electron chi connectivity index (χ0n) is 9.58. The topological polar surface area (TPSA) is 56.2 Å². The van der Waals surface area contributed by atoms with Crippen molar-refractivity contribution >= 4 is 5.78 Å². The monoisotopic (exact) mass is 221 g/mol. The Bertz CT molecular complexity index is 335. The van der Waals surface area contributed by atoms with E-state index in [9.17, 15) is 4.79 Å². The highest BCUT2D eigenvalue weighted by atomic mass is 16.3. The second-order valence-electron chi connectivity index (χ2n) is 4.71. The van der Waals surface area contributed by atoms with Crippen molar-refractivity contribution in [2.75, 3.05) is 6.54 Å². The summed E-state index contributed by atoms with van der Waals surface area (Å²) < 4.78 is 5.21. The quantitative estimate of drug-likeness (QED) is 0.630. The zero-order valence-corrected chi connectivity index (χ0v) is 9.58. The van der Waals surface area contributed by atoms with Crippen LogP contribution in [-0.2, 0) is 0 Å². The van der Waals surface area contributed by atoms with Crippen LogP contribution in [0.15, 0.2) is 22.8 Å². The number of nitrogens with two attached hydrogens (primary N) is 1. The van der Waals surface area contributed by atoms with Crippen LogP contribution in [0.2, 0.25) is 0 Å². The van der Waals surface area contributed by atoms with Gasteiger partial charge in [-0.05, 0) is 25.0 Å². The van der Waals surface area contributed by atoms with Crippen LogP contribution in [0, 0.1) is 5.41 Å². The molecule has 2 rings (SSSR count). The van der Waals surface area contributed by atoms with E-state index in [-0.39, 0.29) is 11.2 Å². The van der Waals surface area contributed by atoms with Crippen LogP contribution in [0.1, 0.15) is 49.1 Å². The maximum Gasteiger partial charge on any atom is 0.205 e. The molecule has 0 atom stereocenters. The van der Waals surface area contributed by atoms with Gasteiger partial charge in [0.1, 0.15) is 0 Å². The van der Waals surface area contributed by atoms with E-state index in [4.69, 9.17) is 10.2 Å². The van der Waals surface area contributed by atoms with Gasteiger partial charge in [-0.2, -0.15) is 0 Å². The van der Waals surface area contributed by atoms with Gasteiger partial charge in [0.2, 0.25) is 5.78 Å². The Labute approximate surface area is 96.0 Å². The molecule has 16 heavy (non-hydrogen) atoms. The summed E-state index contributed by atoms with van der Waals surface area (Å²) in [6, 6.07) is 3.50. The van der Waals surface area contributed by atoms with Crippen molar-refractivity contribution in [3.8, 4) is 0 Å². The fourth-order valence-electron chi connectivity index (χ4n) is 2.60. The second-order valence-corrected chi connectivity index (χ2v) is 4.71. The van der Waals surface area contributed by atoms with Crippen molar-refractivity contribution < 1.29 is 9.21 Å². The first kappa shape index (κ1) is 11.4. The molecule has 1 aromatic heterocycles. The van der Waals surface area contributed by atoms with E-state index in [2.05, 4.69) is 0 Å². The third-order valence-corrected chi connectivity index (χ3v) is 3.68. The summed E-state index contributed by atoms with van der Waals surface area (Å²) in [5.74, 6) is 0.564. The summed E-state index contributed by atoms with van der Waals surface area (Å²) in [6.07, 6.45) is 7.99. The van der Waals surface area contributed by atoms with Gasteiger partial charge in [-0.1, -0.05) is 25.7 Å². The summed E-state index contributed by atoms with van der Waals surface area (Å²) >= 11 is 0. The molecule has 2 N–H and O–H groups in total. The van der Waals surface area contributed by atoms with Crippen LogP contribution in [-0.4, -0.2) is 12.3 Å². The average Bonchev–Trinajstić information content (AvgIpc) is 2.73. The lowest BCUT2D eigenvalue weighted by Crippen LogP contribution is -2.38. The number of carbonyl (C=O) groups is 1. The van der Waals surface area contributed by atoms with Crippen molar-refractivity contribution in [3.63, 3.8) is 0 Å². The SMILES string of the molecule is NCC1(C(=O)c2ccco2)CCCCCC1. The lowest BCUT2D eigenvalue weighted by molar-refractivity contribution is 0.0743. The first-order valence-corrected chi connectivity index (χ1v) is 6.07. The average molecular weight is 221 g/mol. The highest BCUT2D eigenvalue weighted by Gasteiger charge is 2.38. The molecule has 0 amide bonds. The Hall–Kier alpha value is -1.09. The molecule has 1 saturated carbocycles. The number of furan rings is 1. The Morgan fingerprint density at radius 3 is 2.50 bits per heavy atom. The van der Waals surface area contributed by atoms with Crippen molar-refractivity contribution in [3.05, 3.63) is 24.2 Å². The molecule has 0 saturated heterocycles. The molecule has 0 unspecified atom stereocenters. The van der Waals surface area contributed by atoms with Gasteiger partial charge in [0.15, 0.2) is 5.76 Å². The highest BCUT2D eigenvalue weighted by molar-refractivity contribution is 5.98. The molecule has 1 aromatic rings. The van der Waals surface area contributed by atoms with E-state index < -0.39 is 0 Å². The van der Waals surface area contributed by atoms with Crippen LogP contribution in [0.25, 0.3) is 0 Å². The smallest absolute Gasteiger partial charge is 0.205 e. The number of hydrogen-bond acceptors (Lipinski definition) is 3. The van der Waals surface area contributed by atoms with E-state index in [0.29, 0.717) is 12.3 Å². The van der Waals surface area contributed by atoms with E-state index in [1.165, 1.54) is 12.8 Å². The van der Waals surface area contributed by atoms with Crippen molar-refractivity contribution in [2.24, 2.45) is 11.1 Å². The fourth-order valence-corrected chi connectivity index (χ4v) is 2.60. The predicted octanol–water partition coefficient (Wildman–Crippen LogP) is 2.76. The van der Waals surface area contributed by atoms with Gasteiger partial charge in [-0.3, -0.25) is 4.79 Å². The molecular weight excluding hydrogens is 202 g/mol. The van der Waals surface area contributed by atoms with Gasteiger partial charge in [0, 0.05) is 12.0 Å². The maximum atomic E-state index is 12.4. The number of rotatable bonds is 3. The van der Waals surface area contributed by atoms with Crippen molar-refractivity contribution in [1.82, 2.24) is 0 Å². The van der Waals surface area contributed by atoms with Gasteiger partial charge in [0.25, 0.3) is 0 Å². The first-order valence-electron chi connectivity index (χ1n) is 6.07. The molecule has 0 spiro atoms. The summed E-state index contributed by atoms with van der Waals surface area (Å²) in [5.41, 5.74) is 5.49. The molecule has 0 radical (unpaired) electrons. The first-order chi connectivity index (χ1) is 7.78. The molecule has 88 valence electrons. The summed E-state index contributed by atoms with van der Waals surface area (Å²) in [5, 5.41) is 0. The van der Waals surface area contributed by atoms with Crippen LogP contribution >= 0.6 is 0 Å². The van der Waals surface area contributed by atoms with Gasteiger partial charge in [-0.25, -0.2) is 0 Å². The normalized spacial score (nSPS) is 20.3. The Balaban J connectivity index is 2.22. The van der Waals surface area contributed by atoms with Crippen LogP contribution in [0.3, 0.4) is 0 Å². The molecule has 1 aliphatic rings. The minimum absolute atomic E-state index is 0.0990.